The van der Waals surface area contributed by atoms with Gasteiger partial charge in [-0.2, -0.15) is 31.4 Å². The Balaban J connectivity index is 1.14. The highest BCUT2D eigenvalue weighted by molar-refractivity contribution is 5.94. The summed E-state index contributed by atoms with van der Waals surface area (Å²) in [7, 11) is 0. The van der Waals surface area contributed by atoms with Crippen LogP contribution >= 0.6 is 0 Å². The van der Waals surface area contributed by atoms with Gasteiger partial charge < -0.3 is 19.4 Å². The van der Waals surface area contributed by atoms with Gasteiger partial charge in [0.2, 0.25) is 5.95 Å². The van der Waals surface area contributed by atoms with Crippen LogP contribution in [0.3, 0.4) is 0 Å². The van der Waals surface area contributed by atoms with E-state index in [1.807, 2.05) is 5.10 Å². The zero-order valence-electron chi connectivity index (χ0n) is 23.8. The maximum absolute atomic E-state index is 13.9. The Kier molecular flexibility index (Phi) is 8.04. The molecule has 0 unspecified atom stereocenters. The van der Waals surface area contributed by atoms with Crippen LogP contribution in [-0.2, 0) is 18.9 Å². The van der Waals surface area contributed by atoms with Crippen LogP contribution < -0.4 is 20.1 Å². The van der Waals surface area contributed by atoms with Crippen LogP contribution in [0.25, 0.3) is 0 Å². The van der Waals surface area contributed by atoms with Crippen molar-refractivity contribution in [3.8, 4) is 5.75 Å². The van der Waals surface area contributed by atoms with Crippen molar-refractivity contribution in [2.75, 3.05) is 42.6 Å². The van der Waals surface area contributed by atoms with E-state index in [0.717, 1.165) is 29.7 Å². The van der Waals surface area contributed by atoms with Gasteiger partial charge in [0.25, 0.3) is 11.5 Å². The van der Waals surface area contributed by atoms with Gasteiger partial charge in [-0.1, -0.05) is 30.3 Å². The van der Waals surface area contributed by atoms with Crippen molar-refractivity contribution in [2.24, 2.45) is 0 Å². The summed E-state index contributed by atoms with van der Waals surface area (Å²) in [5.41, 5.74) is -2.19. The molecule has 240 valence electrons. The van der Waals surface area contributed by atoms with Gasteiger partial charge >= 0.3 is 12.4 Å². The summed E-state index contributed by atoms with van der Waals surface area (Å²) in [4.78, 5) is 37.9. The van der Waals surface area contributed by atoms with Crippen LogP contribution in [0.1, 0.15) is 38.7 Å². The minimum atomic E-state index is -4.92. The average molecular weight is 646 g/mol. The molecular weight excluding hydrogens is 620 g/mol. The van der Waals surface area contributed by atoms with Crippen LogP contribution in [0.4, 0.5) is 38.0 Å². The third-order valence-corrected chi connectivity index (χ3v) is 7.86. The number of piperazine rings is 1. The summed E-state index contributed by atoms with van der Waals surface area (Å²) in [6, 6.07) is 12.8. The third kappa shape index (κ3) is 6.19. The Bertz CT molecular complexity index is 1790. The fourth-order valence-corrected chi connectivity index (χ4v) is 5.60. The lowest BCUT2D eigenvalue weighted by atomic mass is 10.1. The van der Waals surface area contributed by atoms with Gasteiger partial charge in [-0.25, -0.2) is 15.1 Å². The van der Waals surface area contributed by atoms with E-state index < -0.39 is 35.1 Å². The monoisotopic (exact) mass is 645 g/mol. The molecule has 10 nitrogen and oxygen atoms in total. The Hall–Kier alpha value is -5.15. The molecule has 2 aromatic heterocycles. The molecule has 2 aliphatic heterocycles. The van der Waals surface area contributed by atoms with Crippen molar-refractivity contribution in [1.82, 2.24) is 25.1 Å². The topological polar surface area (TPSA) is 108 Å². The number of nitrogens with zero attached hydrogens (tertiary/aromatic N) is 6. The van der Waals surface area contributed by atoms with Gasteiger partial charge in [0.15, 0.2) is 0 Å². The Morgan fingerprint density at radius 2 is 1.63 bits per heavy atom. The van der Waals surface area contributed by atoms with E-state index in [1.54, 1.807) is 52.3 Å². The third-order valence-electron chi connectivity index (χ3n) is 7.86. The number of alkyl halides is 6. The largest absolute Gasteiger partial charge is 0.491 e. The fourth-order valence-electron chi connectivity index (χ4n) is 5.60. The van der Waals surface area contributed by atoms with Gasteiger partial charge in [0.1, 0.15) is 17.9 Å². The lowest BCUT2D eigenvalue weighted by Crippen LogP contribution is -2.49. The summed E-state index contributed by atoms with van der Waals surface area (Å²) in [6.45, 7) is 1.16. The number of fused-ring (bicyclic) bond motifs is 1. The Morgan fingerprint density at radius 3 is 2.33 bits per heavy atom. The molecule has 2 aromatic carbocycles. The minimum absolute atomic E-state index is 0.0927. The number of amides is 1. The number of H-pyrrole nitrogens is 1. The number of carbonyl (C=O) groups excluding carboxylic acids is 1. The van der Waals surface area contributed by atoms with E-state index in [1.165, 1.54) is 11.0 Å². The number of carbonyl (C=O) groups is 1. The maximum Gasteiger partial charge on any atom is 0.423 e. The van der Waals surface area contributed by atoms with Crippen LogP contribution in [0.2, 0.25) is 0 Å². The summed E-state index contributed by atoms with van der Waals surface area (Å²) >= 11 is 0. The van der Waals surface area contributed by atoms with Gasteiger partial charge in [0.05, 0.1) is 23.5 Å². The second kappa shape index (κ2) is 12.0. The first-order valence-electron chi connectivity index (χ1n) is 14.1. The predicted octanol–water partition coefficient (Wildman–Crippen LogP) is 4.70. The molecule has 1 atom stereocenters. The molecule has 46 heavy (non-hydrogen) atoms. The Labute approximate surface area is 257 Å². The van der Waals surface area contributed by atoms with E-state index in [-0.39, 0.29) is 43.8 Å². The second-order valence-electron chi connectivity index (χ2n) is 10.7. The molecule has 1 fully saturated rings. The quantitative estimate of drug-likeness (QED) is 0.301. The molecule has 4 heterocycles. The predicted molar refractivity (Wildman–Crippen MR) is 152 cm³/mol. The molecule has 0 saturated carbocycles. The molecule has 0 aliphatic carbocycles. The molecule has 4 aromatic rings. The van der Waals surface area contributed by atoms with Crippen LogP contribution in [0.5, 0.6) is 5.75 Å². The number of hydrogen-bond donors (Lipinski definition) is 1. The highest BCUT2D eigenvalue weighted by atomic mass is 19.4. The highest BCUT2D eigenvalue weighted by Gasteiger charge is 2.42. The Morgan fingerprint density at radius 1 is 0.913 bits per heavy atom. The average Bonchev–Trinajstić information content (AvgIpc) is 3.41. The van der Waals surface area contributed by atoms with Crippen molar-refractivity contribution in [3.05, 3.63) is 105 Å². The lowest BCUT2D eigenvalue weighted by Gasteiger charge is -2.34. The molecule has 1 saturated heterocycles. The molecular formula is C30H25F6N7O3. The molecule has 0 radical (unpaired) electrons. The first-order valence-corrected chi connectivity index (χ1v) is 14.1. The standard InChI is InChI=1S/C30H25F6N7O3/c31-29(32,33)20-13-37-28(38-14-20)42-10-8-41(9-11-42)27(45)18-5-3-6-21(12-18)46-17-24-22-7-2-1-4-19(22)16-43(24)23-15-39-40-26(44)25(23)30(34,35)36/h1-7,12-15,24H,8-11,16-17H2,(H,40,44)/t24-/m1/s1. The van der Waals surface area contributed by atoms with Gasteiger partial charge in [-0.15, -0.1) is 0 Å². The summed E-state index contributed by atoms with van der Waals surface area (Å²) in [5.74, 6) is 0.152. The van der Waals surface area contributed by atoms with Crippen LogP contribution in [0, 0.1) is 0 Å². The summed E-state index contributed by atoms with van der Waals surface area (Å²) in [5, 5.41) is 5.47. The van der Waals surface area contributed by atoms with Gasteiger partial charge in [-0.3, -0.25) is 9.59 Å². The van der Waals surface area contributed by atoms with E-state index in [4.69, 9.17) is 4.74 Å². The maximum atomic E-state index is 13.9. The first-order chi connectivity index (χ1) is 21.9. The molecule has 0 spiro atoms. The first kappa shape index (κ1) is 30.9. The number of nitrogens with one attached hydrogen (secondary N) is 1. The van der Waals surface area contributed by atoms with Crippen molar-refractivity contribution in [1.29, 1.82) is 0 Å². The fraction of sp³-hybridized carbons (Fsp3) is 0.300. The zero-order valence-corrected chi connectivity index (χ0v) is 23.8. The smallest absolute Gasteiger partial charge is 0.423 e. The van der Waals surface area contributed by atoms with Crippen molar-refractivity contribution in [2.45, 2.75) is 24.9 Å². The molecule has 0 bridgehead atoms. The van der Waals surface area contributed by atoms with E-state index in [9.17, 15) is 35.9 Å². The van der Waals surface area contributed by atoms with Crippen molar-refractivity contribution < 1.29 is 35.9 Å². The van der Waals surface area contributed by atoms with Crippen molar-refractivity contribution in [3.63, 3.8) is 0 Å². The van der Waals surface area contributed by atoms with Gasteiger partial charge in [-0.05, 0) is 29.3 Å². The summed E-state index contributed by atoms with van der Waals surface area (Å²) < 4.78 is 86.3. The molecule has 1 amide bonds. The number of aromatic amines is 1. The lowest BCUT2D eigenvalue weighted by molar-refractivity contribution is -0.139. The van der Waals surface area contributed by atoms with E-state index in [2.05, 4.69) is 15.1 Å². The number of benzene rings is 2. The zero-order chi connectivity index (χ0) is 32.6. The highest BCUT2D eigenvalue weighted by Crippen LogP contribution is 2.42. The van der Waals surface area contributed by atoms with Crippen LogP contribution in [0.15, 0.2) is 71.9 Å². The van der Waals surface area contributed by atoms with E-state index in [0.29, 0.717) is 24.4 Å². The number of rotatable bonds is 6. The van der Waals surface area contributed by atoms with Crippen molar-refractivity contribution >= 4 is 17.5 Å². The molecule has 16 heteroatoms. The number of hydrogen-bond acceptors (Lipinski definition) is 8. The normalized spacial score (nSPS) is 16.8. The van der Waals surface area contributed by atoms with Gasteiger partial charge in [0, 0.05) is 50.7 Å². The molecule has 6 rings (SSSR count). The number of anilines is 2. The minimum Gasteiger partial charge on any atom is -0.491 e. The number of aromatic nitrogens is 4. The number of halogens is 6. The SMILES string of the molecule is O=C(c1cccc(OC[C@@H]2c3ccccc3CN2c2cn[nH]c(=O)c2C(F)(F)F)c1)N1CCN(c2ncc(C(F)(F)F)cn2)CC1. The number of ether oxygens (including phenoxy) is 1. The summed E-state index contributed by atoms with van der Waals surface area (Å²) in [6.07, 6.45) is -7.04. The second-order valence-corrected chi connectivity index (χ2v) is 10.7. The van der Waals surface area contributed by atoms with E-state index >= 15 is 0 Å². The van der Waals surface area contributed by atoms with Crippen LogP contribution in [-0.4, -0.2) is 63.8 Å². The molecule has 2 aliphatic rings. The molecule has 1 N–H and O–H groups in total.